The lowest BCUT2D eigenvalue weighted by Gasteiger charge is -2.48. The lowest BCUT2D eigenvalue weighted by atomic mass is 9.52. The van der Waals surface area contributed by atoms with Crippen LogP contribution in [-0.2, 0) is 0 Å². The van der Waals surface area contributed by atoms with Crippen LogP contribution in [0.4, 0.5) is 0 Å². The normalized spacial score (nSPS) is 24.0. The average Bonchev–Trinajstić information content (AvgIpc) is 2.13. The second kappa shape index (κ2) is 4.35. The SMILES string of the molecule is CPB1N(C)B(C)N(C)B(C)N1C. The summed E-state index contributed by atoms with van der Waals surface area (Å²) in [4.78, 5) is 0. The number of nitrogens with zero attached hydrogens (tertiary/aromatic N) is 3. The quantitative estimate of drug-likeness (QED) is 0.442. The molecule has 1 aliphatic heterocycles. The van der Waals surface area contributed by atoms with Gasteiger partial charge >= 0.3 is 6.70 Å². The van der Waals surface area contributed by atoms with Crippen molar-refractivity contribution in [2.24, 2.45) is 0 Å². The Morgan fingerprint density at radius 2 is 1.23 bits per heavy atom. The third kappa shape index (κ3) is 1.96. The molecule has 0 N–H and O–H groups in total. The largest absolute Gasteiger partial charge is 0.360 e. The molecule has 0 amide bonds. The Morgan fingerprint density at radius 3 is 1.54 bits per heavy atom. The molecule has 1 aliphatic rings. The maximum atomic E-state index is 2.44. The van der Waals surface area contributed by atoms with Gasteiger partial charge in [-0.2, -0.15) is 0 Å². The minimum absolute atomic E-state index is 0.545. The van der Waals surface area contributed by atoms with Gasteiger partial charge in [-0.05, 0) is 21.1 Å². The first-order chi connectivity index (χ1) is 6.00. The van der Waals surface area contributed by atoms with E-state index in [9.17, 15) is 0 Å². The molecule has 1 heterocycles. The van der Waals surface area contributed by atoms with Gasteiger partial charge in [0, 0.05) is 0 Å². The van der Waals surface area contributed by atoms with E-state index in [0.717, 1.165) is 8.46 Å². The monoisotopic (exact) mass is 197 g/mol. The number of hydrogen-bond acceptors (Lipinski definition) is 3. The molecule has 3 nitrogen and oxygen atoms in total. The summed E-state index contributed by atoms with van der Waals surface area (Å²) in [5.74, 6) is 0. The Hall–Kier alpha value is 0.505. The van der Waals surface area contributed by atoms with Crippen LogP contribution in [0.3, 0.4) is 0 Å². The standard InChI is InChI=1S/C6H19B3N3P/c1-7-10(3)8(2)12(5)9(13-6)11(7)4/h13H,1-6H3. The topological polar surface area (TPSA) is 9.72 Å². The van der Waals surface area contributed by atoms with Gasteiger partial charge in [-0.15, -0.1) is 8.46 Å². The van der Waals surface area contributed by atoms with E-state index >= 15 is 0 Å². The minimum atomic E-state index is 0.545. The lowest BCUT2D eigenvalue weighted by Crippen LogP contribution is -2.71. The lowest BCUT2D eigenvalue weighted by molar-refractivity contribution is 0.556. The summed E-state index contributed by atoms with van der Waals surface area (Å²) < 4.78 is 7.29. The molecule has 1 rings (SSSR count). The minimum Gasteiger partial charge on any atom is -0.360 e. The van der Waals surface area contributed by atoms with E-state index in [-0.39, 0.29) is 0 Å². The molecular weight excluding hydrogens is 177 g/mol. The molecule has 0 spiro atoms. The van der Waals surface area contributed by atoms with Crippen molar-refractivity contribution in [2.75, 3.05) is 27.8 Å². The van der Waals surface area contributed by atoms with Crippen LogP contribution in [0, 0.1) is 0 Å². The molecule has 7 heteroatoms. The van der Waals surface area contributed by atoms with E-state index in [1.54, 1.807) is 0 Å². The molecule has 0 aromatic carbocycles. The zero-order valence-corrected chi connectivity index (χ0v) is 10.6. The van der Waals surface area contributed by atoms with E-state index in [1.807, 2.05) is 0 Å². The second-order valence-corrected chi connectivity index (χ2v) is 5.02. The Bertz CT molecular complexity index is 169. The predicted molar refractivity (Wildman–Crippen MR) is 66.5 cm³/mol. The summed E-state index contributed by atoms with van der Waals surface area (Å²) >= 11 is 0. The van der Waals surface area contributed by atoms with Crippen molar-refractivity contribution >= 4 is 29.1 Å². The fraction of sp³-hybridized carbons (Fsp3) is 1.00. The molecule has 0 aromatic rings. The summed E-state index contributed by atoms with van der Waals surface area (Å²) in [5.41, 5.74) is 0. The first-order valence-electron chi connectivity index (χ1n) is 4.83. The summed E-state index contributed by atoms with van der Waals surface area (Å²) in [6.45, 7) is 8.53. The van der Waals surface area contributed by atoms with Crippen molar-refractivity contribution in [1.29, 1.82) is 0 Å². The predicted octanol–water partition coefficient (Wildman–Crippen LogP) is 0.325. The van der Waals surface area contributed by atoms with Crippen molar-refractivity contribution in [3.63, 3.8) is 0 Å². The van der Waals surface area contributed by atoms with Gasteiger partial charge in [0.25, 0.3) is 14.0 Å². The van der Waals surface area contributed by atoms with Crippen molar-refractivity contribution in [3.05, 3.63) is 0 Å². The van der Waals surface area contributed by atoms with E-state index in [2.05, 4.69) is 55.6 Å². The molecule has 1 unspecified atom stereocenters. The summed E-state index contributed by atoms with van der Waals surface area (Å²) in [5, 5.41) is 0. The Labute approximate surface area is 85.3 Å². The molecule has 1 saturated heterocycles. The van der Waals surface area contributed by atoms with Gasteiger partial charge in [0.05, 0.1) is 0 Å². The van der Waals surface area contributed by atoms with Gasteiger partial charge in [-0.3, -0.25) is 0 Å². The molecule has 0 aliphatic carbocycles. The molecule has 1 atom stereocenters. The van der Waals surface area contributed by atoms with Crippen LogP contribution >= 0.6 is 8.46 Å². The first-order valence-corrected chi connectivity index (χ1v) is 6.41. The van der Waals surface area contributed by atoms with Crippen LogP contribution in [-0.4, -0.2) is 62.6 Å². The van der Waals surface area contributed by atoms with Crippen molar-refractivity contribution in [1.82, 2.24) is 14.2 Å². The summed E-state index contributed by atoms with van der Waals surface area (Å²) in [6.07, 6.45) is 0. The molecule has 0 saturated carbocycles. The van der Waals surface area contributed by atoms with Gasteiger partial charge in [0.2, 0.25) is 0 Å². The van der Waals surface area contributed by atoms with Gasteiger partial charge in [-0.25, -0.2) is 0 Å². The van der Waals surface area contributed by atoms with Crippen LogP contribution in [0.1, 0.15) is 0 Å². The average molecular weight is 197 g/mol. The highest BCUT2D eigenvalue weighted by Crippen LogP contribution is 2.23. The Morgan fingerprint density at radius 1 is 0.846 bits per heavy atom. The van der Waals surface area contributed by atoms with Gasteiger partial charge in [0.1, 0.15) is 0 Å². The zero-order chi connectivity index (χ0) is 10.2. The number of hydrogen-bond donors (Lipinski definition) is 0. The van der Waals surface area contributed by atoms with E-state index in [1.165, 1.54) is 0 Å². The highest BCUT2D eigenvalue weighted by molar-refractivity contribution is 7.75. The molecule has 0 radical (unpaired) electrons. The van der Waals surface area contributed by atoms with Crippen LogP contribution in [0.15, 0.2) is 0 Å². The smallest absolute Gasteiger partial charge is 0.315 e. The van der Waals surface area contributed by atoms with Crippen molar-refractivity contribution in [2.45, 2.75) is 13.6 Å². The van der Waals surface area contributed by atoms with E-state index < -0.39 is 0 Å². The Kier molecular flexibility index (Phi) is 3.88. The molecule has 1 fully saturated rings. The molecule has 0 bridgehead atoms. The van der Waals surface area contributed by atoms with Crippen molar-refractivity contribution < 1.29 is 0 Å². The third-order valence-corrected chi connectivity index (χ3v) is 4.72. The van der Waals surface area contributed by atoms with E-state index in [4.69, 9.17) is 0 Å². The van der Waals surface area contributed by atoms with E-state index in [0.29, 0.717) is 20.7 Å². The highest BCUT2D eigenvalue weighted by Gasteiger charge is 2.42. The maximum absolute atomic E-state index is 2.44. The van der Waals surface area contributed by atoms with Crippen LogP contribution in [0.25, 0.3) is 0 Å². The second-order valence-electron chi connectivity index (χ2n) is 3.92. The maximum Gasteiger partial charge on any atom is 0.315 e. The first kappa shape index (κ1) is 11.6. The fourth-order valence-corrected chi connectivity index (χ4v) is 3.24. The van der Waals surface area contributed by atoms with Gasteiger partial charge < -0.3 is 14.2 Å². The Balaban J connectivity index is 2.79. The highest BCUT2D eigenvalue weighted by atomic mass is 31.1. The molecule has 0 aromatic heterocycles. The molecule has 72 valence electrons. The van der Waals surface area contributed by atoms with Crippen LogP contribution in [0.2, 0.25) is 13.6 Å². The third-order valence-electron chi connectivity index (χ3n) is 3.39. The van der Waals surface area contributed by atoms with Gasteiger partial charge in [0.15, 0.2) is 0 Å². The zero-order valence-electron chi connectivity index (χ0n) is 9.57. The summed E-state index contributed by atoms with van der Waals surface area (Å²) in [6, 6.07) is 0. The molecular formula is C6H19B3N3P. The van der Waals surface area contributed by atoms with Crippen LogP contribution < -0.4 is 0 Å². The van der Waals surface area contributed by atoms with Gasteiger partial charge in [-0.1, -0.05) is 20.3 Å². The fourth-order valence-electron chi connectivity index (χ4n) is 1.99. The number of rotatable bonds is 1. The van der Waals surface area contributed by atoms with Crippen LogP contribution in [0.5, 0.6) is 0 Å². The van der Waals surface area contributed by atoms with Crippen molar-refractivity contribution in [3.8, 4) is 0 Å². The molecule has 13 heavy (non-hydrogen) atoms. The summed E-state index contributed by atoms with van der Waals surface area (Å²) in [7, 11) is 7.57.